The van der Waals surface area contributed by atoms with E-state index in [9.17, 15) is 0 Å². The van der Waals surface area contributed by atoms with Gasteiger partial charge in [0.1, 0.15) is 0 Å². The molecule has 2 heteroatoms. The Morgan fingerprint density at radius 2 is 1.92 bits per heavy atom. The first kappa shape index (κ1) is 11.9. The van der Waals surface area contributed by atoms with Crippen LogP contribution in [-0.2, 0) is 9.78 Å². The van der Waals surface area contributed by atoms with Crippen LogP contribution in [0.3, 0.4) is 0 Å². The molecule has 73 valence electrons. The van der Waals surface area contributed by atoms with E-state index >= 15 is 0 Å². The third-order valence-electron chi connectivity index (χ3n) is 1.42. The average Bonchev–Trinajstić information content (AvgIpc) is 1.96. The third-order valence-corrected chi connectivity index (χ3v) is 1.42. The lowest BCUT2D eigenvalue weighted by molar-refractivity contribution is -0.373. The monoisotopic (exact) mass is 173 g/mol. The Kier molecular flexibility index (Phi) is 5.51. The van der Waals surface area contributed by atoms with Crippen LogP contribution < -0.4 is 0 Å². The molecule has 2 nitrogen and oxygen atoms in total. The molecule has 0 N–H and O–H groups in total. The van der Waals surface area contributed by atoms with Gasteiger partial charge >= 0.3 is 0 Å². The molecule has 0 aromatic heterocycles. The fraction of sp³-hybridized carbons (Fsp3) is 0.900. The van der Waals surface area contributed by atoms with Crippen LogP contribution in [0.4, 0.5) is 0 Å². The van der Waals surface area contributed by atoms with Crippen LogP contribution in [0, 0.1) is 6.92 Å². The Hall–Kier alpha value is -0.0800. The van der Waals surface area contributed by atoms with Crippen molar-refractivity contribution in [3.8, 4) is 0 Å². The molecule has 1 atom stereocenters. The highest BCUT2D eigenvalue weighted by atomic mass is 17.2. The molecular weight excluding hydrogens is 152 g/mol. The molecule has 0 rings (SSSR count). The summed E-state index contributed by atoms with van der Waals surface area (Å²) in [6, 6.07) is 0. The van der Waals surface area contributed by atoms with Gasteiger partial charge in [-0.05, 0) is 33.6 Å². The number of hydrogen-bond donors (Lipinski definition) is 0. The van der Waals surface area contributed by atoms with Crippen LogP contribution >= 0.6 is 0 Å². The minimum atomic E-state index is -0.214. The van der Waals surface area contributed by atoms with Gasteiger partial charge in [-0.2, -0.15) is 0 Å². The normalized spacial score (nSPS) is 14.8. The molecular formula is C10H21O2. The zero-order chi connectivity index (χ0) is 9.61. The predicted molar refractivity (Wildman–Crippen MR) is 50.6 cm³/mol. The molecule has 0 aromatic carbocycles. The van der Waals surface area contributed by atoms with Crippen LogP contribution in [0.15, 0.2) is 0 Å². The second-order valence-corrected chi connectivity index (χ2v) is 3.96. The number of rotatable bonds is 5. The maximum Gasteiger partial charge on any atom is 0.0952 e. The summed E-state index contributed by atoms with van der Waals surface area (Å²) in [6.45, 7) is 11.8. The summed E-state index contributed by atoms with van der Waals surface area (Å²) < 4.78 is 0. The molecule has 12 heavy (non-hydrogen) atoms. The summed E-state index contributed by atoms with van der Waals surface area (Å²) in [7, 11) is 0. The van der Waals surface area contributed by atoms with Gasteiger partial charge in [-0.25, -0.2) is 9.78 Å². The lowest BCUT2D eigenvalue weighted by atomic mass is 10.2. The quantitative estimate of drug-likeness (QED) is 0.469. The summed E-state index contributed by atoms with van der Waals surface area (Å²) >= 11 is 0. The molecule has 0 amide bonds. The van der Waals surface area contributed by atoms with Crippen LogP contribution in [0.1, 0.15) is 47.0 Å². The molecule has 1 unspecified atom stereocenters. The topological polar surface area (TPSA) is 18.5 Å². The first-order chi connectivity index (χ1) is 5.49. The van der Waals surface area contributed by atoms with E-state index in [1.54, 1.807) is 0 Å². The average molecular weight is 173 g/mol. The Bertz CT molecular complexity index is 105. The van der Waals surface area contributed by atoms with E-state index in [4.69, 9.17) is 9.78 Å². The zero-order valence-electron chi connectivity index (χ0n) is 8.72. The van der Waals surface area contributed by atoms with E-state index in [1.165, 1.54) is 0 Å². The molecule has 0 saturated heterocycles. The molecule has 0 fully saturated rings. The van der Waals surface area contributed by atoms with Crippen molar-refractivity contribution in [3.05, 3.63) is 6.92 Å². The molecule has 0 aromatic rings. The van der Waals surface area contributed by atoms with Gasteiger partial charge in [0.25, 0.3) is 0 Å². The van der Waals surface area contributed by atoms with Gasteiger partial charge in [-0.3, -0.25) is 0 Å². The Morgan fingerprint density at radius 3 is 2.25 bits per heavy atom. The highest BCUT2D eigenvalue weighted by Crippen LogP contribution is 2.13. The predicted octanol–water partition coefficient (Wildman–Crippen LogP) is 3.13. The highest BCUT2D eigenvalue weighted by molar-refractivity contribution is 4.57. The van der Waals surface area contributed by atoms with Crippen molar-refractivity contribution in [1.82, 2.24) is 0 Å². The maximum atomic E-state index is 5.26. The van der Waals surface area contributed by atoms with Crippen LogP contribution in [-0.4, -0.2) is 11.7 Å². The molecule has 1 radical (unpaired) electrons. The Morgan fingerprint density at radius 1 is 1.33 bits per heavy atom. The molecule has 0 aliphatic heterocycles. The van der Waals surface area contributed by atoms with Crippen LogP contribution in [0.2, 0.25) is 0 Å². The molecule has 0 heterocycles. The molecule has 0 bridgehead atoms. The highest BCUT2D eigenvalue weighted by Gasteiger charge is 2.14. The largest absolute Gasteiger partial charge is 0.233 e. The summed E-state index contributed by atoms with van der Waals surface area (Å²) in [5.41, 5.74) is -0.214. The van der Waals surface area contributed by atoms with Gasteiger partial charge < -0.3 is 0 Å². The fourth-order valence-corrected chi connectivity index (χ4v) is 0.760. The second kappa shape index (κ2) is 5.55. The van der Waals surface area contributed by atoms with Crippen molar-refractivity contribution >= 4 is 0 Å². The van der Waals surface area contributed by atoms with E-state index < -0.39 is 0 Å². The van der Waals surface area contributed by atoms with E-state index in [2.05, 4.69) is 13.8 Å². The summed E-state index contributed by atoms with van der Waals surface area (Å²) in [6.07, 6.45) is 3.03. The first-order valence-electron chi connectivity index (χ1n) is 4.63. The fourth-order valence-electron chi connectivity index (χ4n) is 0.760. The summed E-state index contributed by atoms with van der Waals surface area (Å²) in [5.74, 6) is 0. The van der Waals surface area contributed by atoms with Gasteiger partial charge in [-0.1, -0.05) is 20.3 Å². The first-order valence-corrected chi connectivity index (χ1v) is 4.63. The zero-order valence-corrected chi connectivity index (χ0v) is 8.72. The van der Waals surface area contributed by atoms with Crippen molar-refractivity contribution in [2.75, 3.05) is 0 Å². The molecule has 0 aliphatic rings. The van der Waals surface area contributed by atoms with E-state index in [1.807, 2.05) is 20.8 Å². The second-order valence-electron chi connectivity index (χ2n) is 3.96. The molecule has 0 aliphatic carbocycles. The third kappa shape index (κ3) is 6.62. The minimum Gasteiger partial charge on any atom is -0.233 e. The van der Waals surface area contributed by atoms with Crippen molar-refractivity contribution in [3.63, 3.8) is 0 Å². The van der Waals surface area contributed by atoms with Crippen molar-refractivity contribution in [2.24, 2.45) is 0 Å². The SMILES string of the molecule is [CH2]CCC(CC)OOC(C)(C)C. The smallest absolute Gasteiger partial charge is 0.0952 e. The number of hydrogen-bond acceptors (Lipinski definition) is 2. The van der Waals surface area contributed by atoms with Crippen molar-refractivity contribution in [1.29, 1.82) is 0 Å². The minimum absolute atomic E-state index is 0.196. The van der Waals surface area contributed by atoms with Crippen molar-refractivity contribution < 1.29 is 9.78 Å². The standard InChI is InChI=1S/C10H21O2/c1-6-8-9(7-2)11-12-10(3,4)5/h9H,1,6-8H2,2-5H3. The maximum absolute atomic E-state index is 5.26. The van der Waals surface area contributed by atoms with Crippen LogP contribution in [0.5, 0.6) is 0 Å². The van der Waals surface area contributed by atoms with E-state index in [0.29, 0.717) is 0 Å². The summed E-state index contributed by atoms with van der Waals surface area (Å²) in [5, 5.41) is 0. The Balaban J connectivity index is 3.58. The van der Waals surface area contributed by atoms with Gasteiger partial charge in [0.05, 0.1) is 11.7 Å². The van der Waals surface area contributed by atoms with E-state index in [-0.39, 0.29) is 11.7 Å². The summed E-state index contributed by atoms with van der Waals surface area (Å²) in [4.78, 5) is 10.5. The van der Waals surface area contributed by atoms with Gasteiger partial charge in [-0.15, -0.1) is 0 Å². The lowest BCUT2D eigenvalue weighted by Gasteiger charge is -2.22. The molecule has 0 spiro atoms. The van der Waals surface area contributed by atoms with Gasteiger partial charge in [0.15, 0.2) is 0 Å². The molecule has 0 saturated carbocycles. The van der Waals surface area contributed by atoms with Gasteiger partial charge in [0, 0.05) is 0 Å². The lowest BCUT2D eigenvalue weighted by Crippen LogP contribution is -2.23. The Labute approximate surface area is 76.2 Å². The van der Waals surface area contributed by atoms with Gasteiger partial charge in [0.2, 0.25) is 0 Å². The van der Waals surface area contributed by atoms with E-state index in [0.717, 1.165) is 19.3 Å². The van der Waals surface area contributed by atoms with Crippen LogP contribution in [0.25, 0.3) is 0 Å². The van der Waals surface area contributed by atoms with Crippen molar-refractivity contribution in [2.45, 2.75) is 58.7 Å².